The van der Waals surface area contributed by atoms with Gasteiger partial charge in [-0.2, -0.15) is 0 Å². The Hall–Kier alpha value is -1.10. The van der Waals surface area contributed by atoms with Gasteiger partial charge in [-0.15, -0.1) is 0 Å². The first-order valence-electron chi connectivity index (χ1n) is 6.17. The summed E-state index contributed by atoms with van der Waals surface area (Å²) in [6.07, 6.45) is -0.445. The molecule has 0 aliphatic heterocycles. The maximum absolute atomic E-state index is 9.56. The number of aryl methyl sites for hydroxylation is 1. The second-order valence-corrected chi connectivity index (χ2v) is 4.54. The van der Waals surface area contributed by atoms with E-state index in [-0.39, 0.29) is 0 Å². The predicted molar refractivity (Wildman–Crippen MR) is 72.1 cm³/mol. The Labute approximate surface area is 109 Å². The van der Waals surface area contributed by atoms with Gasteiger partial charge in [-0.3, -0.25) is 0 Å². The van der Waals surface area contributed by atoms with Gasteiger partial charge in [0.25, 0.3) is 0 Å². The lowest BCUT2D eigenvalue weighted by Crippen LogP contribution is -2.34. The summed E-state index contributed by atoms with van der Waals surface area (Å²) in [4.78, 5) is 2.03. The smallest absolute Gasteiger partial charge is 0.119 e. The van der Waals surface area contributed by atoms with E-state index < -0.39 is 6.10 Å². The Morgan fingerprint density at radius 2 is 2.17 bits per heavy atom. The molecule has 0 radical (unpaired) electrons. The summed E-state index contributed by atoms with van der Waals surface area (Å²) in [5, 5.41) is 9.56. The molecule has 0 bridgehead atoms. The fourth-order valence-corrected chi connectivity index (χ4v) is 1.72. The van der Waals surface area contributed by atoms with Crippen molar-refractivity contribution >= 4 is 0 Å². The van der Waals surface area contributed by atoms with E-state index in [1.165, 1.54) is 5.56 Å². The van der Waals surface area contributed by atoms with Crippen molar-refractivity contribution in [2.75, 3.05) is 40.5 Å². The molecule has 0 spiro atoms. The minimum atomic E-state index is -0.445. The SMILES string of the molecule is COCC(O)CN(C)CCOc1cccc(C)c1. The van der Waals surface area contributed by atoms with Crippen LogP contribution in [-0.4, -0.2) is 56.6 Å². The van der Waals surface area contributed by atoms with Gasteiger partial charge in [-0.05, 0) is 31.7 Å². The summed E-state index contributed by atoms with van der Waals surface area (Å²) in [5.74, 6) is 0.890. The molecule has 1 rings (SSSR count). The lowest BCUT2D eigenvalue weighted by atomic mass is 10.2. The van der Waals surface area contributed by atoms with Crippen LogP contribution in [0.25, 0.3) is 0 Å². The van der Waals surface area contributed by atoms with Gasteiger partial charge in [0.05, 0.1) is 12.7 Å². The van der Waals surface area contributed by atoms with Crippen LogP contribution in [0.5, 0.6) is 5.75 Å². The quantitative estimate of drug-likeness (QED) is 0.758. The number of rotatable bonds is 8. The third-order valence-corrected chi connectivity index (χ3v) is 2.61. The van der Waals surface area contributed by atoms with E-state index in [0.29, 0.717) is 19.8 Å². The zero-order chi connectivity index (χ0) is 13.4. The topological polar surface area (TPSA) is 41.9 Å². The molecule has 0 aromatic heterocycles. The normalized spacial score (nSPS) is 12.7. The number of aliphatic hydroxyl groups excluding tert-OH is 1. The molecule has 1 atom stereocenters. The van der Waals surface area contributed by atoms with Gasteiger partial charge in [0.2, 0.25) is 0 Å². The maximum atomic E-state index is 9.56. The molecule has 4 heteroatoms. The van der Waals surface area contributed by atoms with Crippen LogP contribution in [0.1, 0.15) is 5.56 Å². The van der Waals surface area contributed by atoms with Gasteiger partial charge in [0, 0.05) is 20.2 Å². The predicted octanol–water partition coefficient (Wildman–Crippen LogP) is 1.31. The van der Waals surface area contributed by atoms with E-state index in [2.05, 4.69) is 0 Å². The van der Waals surface area contributed by atoms with Crippen molar-refractivity contribution in [3.63, 3.8) is 0 Å². The molecule has 0 fully saturated rings. The molecule has 0 aliphatic carbocycles. The summed E-state index contributed by atoms with van der Waals surface area (Å²) >= 11 is 0. The third kappa shape index (κ3) is 6.00. The van der Waals surface area contributed by atoms with Gasteiger partial charge in [0.1, 0.15) is 12.4 Å². The molecule has 1 N–H and O–H groups in total. The maximum Gasteiger partial charge on any atom is 0.119 e. The Bertz CT molecular complexity index is 344. The molecule has 0 saturated heterocycles. The number of aliphatic hydroxyl groups is 1. The largest absolute Gasteiger partial charge is 0.492 e. The van der Waals surface area contributed by atoms with Crippen molar-refractivity contribution in [3.8, 4) is 5.75 Å². The fraction of sp³-hybridized carbons (Fsp3) is 0.571. The number of nitrogens with zero attached hydrogens (tertiary/aromatic N) is 1. The summed E-state index contributed by atoms with van der Waals surface area (Å²) < 4.78 is 10.5. The molecule has 1 aromatic rings. The van der Waals surface area contributed by atoms with Crippen molar-refractivity contribution in [2.24, 2.45) is 0 Å². The average Bonchev–Trinajstić information content (AvgIpc) is 2.29. The molecule has 1 unspecified atom stereocenters. The van der Waals surface area contributed by atoms with E-state index in [4.69, 9.17) is 9.47 Å². The van der Waals surface area contributed by atoms with E-state index in [0.717, 1.165) is 12.3 Å². The molecule has 18 heavy (non-hydrogen) atoms. The highest BCUT2D eigenvalue weighted by Gasteiger charge is 2.07. The fourth-order valence-electron chi connectivity index (χ4n) is 1.72. The van der Waals surface area contributed by atoms with E-state index in [1.807, 2.05) is 43.1 Å². The number of likely N-dealkylation sites (N-methyl/N-ethyl adjacent to an activating group) is 1. The summed E-state index contributed by atoms with van der Waals surface area (Å²) in [5.41, 5.74) is 1.19. The Balaban J connectivity index is 2.21. The lowest BCUT2D eigenvalue weighted by Gasteiger charge is -2.20. The van der Waals surface area contributed by atoms with Crippen LogP contribution in [0, 0.1) is 6.92 Å². The first-order valence-corrected chi connectivity index (χ1v) is 6.17. The first-order chi connectivity index (χ1) is 8.61. The molecule has 0 heterocycles. The van der Waals surface area contributed by atoms with Gasteiger partial charge in [0.15, 0.2) is 0 Å². The zero-order valence-electron chi connectivity index (χ0n) is 11.4. The van der Waals surface area contributed by atoms with Crippen LogP contribution >= 0.6 is 0 Å². The van der Waals surface area contributed by atoms with Crippen molar-refractivity contribution in [1.82, 2.24) is 4.90 Å². The van der Waals surface area contributed by atoms with Gasteiger partial charge in [-0.25, -0.2) is 0 Å². The monoisotopic (exact) mass is 253 g/mol. The molecule has 102 valence electrons. The second kappa shape index (κ2) is 8.08. The number of hydrogen-bond acceptors (Lipinski definition) is 4. The second-order valence-electron chi connectivity index (χ2n) is 4.54. The average molecular weight is 253 g/mol. The van der Waals surface area contributed by atoms with E-state index in [1.54, 1.807) is 7.11 Å². The van der Waals surface area contributed by atoms with E-state index in [9.17, 15) is 5.11 Å². The number of ether oxygens (including phenoxy) is 2. The molecular formula is C14H23NO3. The van der Waals surface area contributed by atoms with Crippen LogP contribution in [0.4, 0.5) is 0 Å². The zero-order valence-corrected chi connectivity index (χ0v) is 11.4. The number of benzene rings is 1. The minimum absolute atomic E-state index is 0.364. The summed E-state index contributed by atoms with van der Waals surface area (Å²) in [6.45, 7) is 4.38. The van der Waals surface area contributed by atoms with Gasteiger partial charge < -0.3 is 19.5 Å². The first kappa shape index (κ1) is 15.0. The Morgan fingerprint density at radius 1 is 1.39 bits per heavy atom. The highest BCUT2D eigenvalue weighted by molar-refractivity contribution is 5.27. The number of methoxy groups -OCH3 is 1. The standard InChI is InChI=1S/C14H23NO3/c1-12-5-4-6-14(9-12)18-8-7-15(2)10-13(16)11-17-3/h4-6,9,13,16H,7-8,10-11H2,1-3H3. The minimum Gasteiger partial charge on any atom is -0.492 e. The van der Waals surface area contributed by atoms with Crippen molar-refractivity contribution < 1.29 is 14.6 Å². The van der Waals surface area contributed by atoms with Crippen LogP contribution in [-0.2, 0) is 4.74 Å². The summed E-state index contributed by atoms with van der Waals surface area (Å²) in [7, 11) is 3.54. The van der Waals surface area contributed by atoms with Gasteiger partial charge in [-0.1, -0.05) is 12.1 Å². The van der Waals surface area contributed by atoms with E-state index >= 15 is 0 Å². The molecule has 0 saturated carbocycles. The highest BCUT2D eigenvalue weighted by atomic mass is 16.5. The van der Waals surface area contributed by atoms with Gasteiger partial charge >= 0.3 is 0 Å². The summed E-state index contributed by atoms with van der Waals surface area (Å²) in [6, 6.07) is 7.99. The molecule has 4 nitrogen and oxygen atoms in total. The Morgan fingerprint density at radius 3 is 2.83 bits per heavy atom. The molecule has 1 aromatic carbocycles. The van der Waals surface area contributed by atoms with Crippen molar-refractivity contribution in [1.29, 1.82) is 0 Å². The molecule has 0 amide bonds. The van der Waals surface area contributed by atoms with Crippen LogP contribution in [0.3, 0.4) is 0 Å². The van der Waals surface area contributed by atoms with Crippen LogP contribution < -0.4 is 4.74 Å². The van der Waals surface area contributed by atoms with Crippen LogP contribution in [0.2, 0.25) is 0 Å². The number of hydrogen-bond donors (Lipinski definition) is 1. The van der Waals surface area contributed by atoms with Crippen molar-refractivity contribution in [2.45, 2.75) is 13.0 Å². The molecule has 0 aliphatic rings. The lowest BCUT2D eigenvalue weighted by molar-refractivity contribution is 0.0410. The van der Waals surface area contributed by atoms with Crippen molar-refractivity contribution in [3.05, 3.63) is 29.8 Å². The highest BCUT2D eigenvalue weighted by Crippen LogP contribution is 2.11. The van der Waals surface area contributed by atoms with Crippen LogP contribution in [0.15, 0.2) is 24.3 Å². The molecular weight excluding hydrogens is 230 g/mol. The third-order valence-electron chi connectivity index (χ3n) is 2.61. The Kier molecular flexibility index (Phi) is 6.72.